The van der Waals surface area contributed by atoms with Gasteiger partial charge in [-0.3, -0.25) is 0 Å². The Kier molecular flexibility index (Phi) is 3.47. The van der Waals surface area contributed by atoms with Gasteiger partial charge in [-0.25, -0.2) is 4.98 Å². The highest BCUT2D eigenvalue weighted by atomic mass is 19.1. The smallest absolute Gasteiger partial charge is 0.213 e. The van der Waals surface area contributed by atoms with Crippen LogP contribution in [0.1, 0.15) is 5.56 Å². The number of hydrogen-bond acceptors (Lipinski definition) is 2. The number of pyridine rings is 1. The molecule has 0 aliphatic rings. The fourth-order valence-electron chi connectivity index (χ4n) is 0.794. The van der Waals surface area contributed by atoms with Crippen LogP contribution < -0.4 is 0 Å². The van der Waals surface area contributed by atoms with Crippen molar-refractivity contribution >= 4 is 6.08 Å². The van der Waals surface area contributed by atoms with Crippen LogP contribution in [0.3, 0.4) is 0 Å². The Morgan fingerprint density at radius 1 is 1.69 bits per heavy atom. The zero-order valence-electron chi connectivity index (χ0n) is 6.76. The van der Waals surface area contributed by atoms with Crippen molar-refractivity contribution in [2.45, 2.75) is 0 Å². The SMILES string of the molecule is [N-]=[N+]=NCC=Cc1ccnc(F)c1. The van der Waals surface area contributed by atoms with E-state index >= 15 is 0 Å². The predicted octanol–water partition coefficient (Wildman–Crippen LogP) is 2.54. The van der Waals surface area contributed by atoms with Gasteiger partial charge in [0.15, 0.2) is 0 Å². The van der Waals surface area contributed by atoms with Gasteiger partial charge < -0.3 is 0 Å². The van der Waals surface area contributed by atoms with Crippen LogP contribution in [0.5, 0.6) is 0 Å². The van der Waals surface area contributed by atoms with Crippen LogP contribution in [0.2, 0.25) is 0 Å². The molecule has 1 aromatic rings. The van der Waals surface area contributed by atoms with Crippen molar-refractivity contribution in [1.82, 2.24) is 4.98 Å². The third kappa shape index (κ3) is 3.35. The molecule has 0 aromatic carbocycles. The minimum Gasteiger partial charge on any atom is -0.228 e. The first-order chi connectivity index (χ1) is 6.33. The molecular weight excluding hydrogens is 171 g/mol. The summed E-state index contributed by atoms with van der Waals surface area (Å²) in [6.07, 6.45) is 4.69. The van der Waals surface area contributed by atoms with Crippen LogP contribution in [0.4, 0.5) is 4.39 Å². The van der Waals surface area contributed by atoms with E-state index in [0.29, 0.717) is 5.56 Å². The molecule has 66 valence electrons. The Bertz CT molecular complexity index is 355. The van der Waals surface area contributed by atoms with Crippen molar-refractivity contribution in [2.75, 3.05) is 6.54 Å². The van der Waals surface area contributed by atoms with Crippen molar-refractivity contribution in [2.24, 2.45) is 5.11 Å². The molecule has 0 aliphatic heterocycles. The molecule has 0 fully saturated rings. The predicted molar refractivity (Wildman–Crippen MR) is 47.2 cm³/mol. The molecule has 0 atom stereocenters. The molecule has 1 rings (SSSR count). The largest absolute Gasteiger partial charge is 0.228 e. The normalized spacial score (nSPS) is 9.92. The van der Waals surface area contributed by atoms with E-state index in [1.807, 2.05) is 0 Å². The van der Waals surface area contributed by atoms with Crippen molar-refractivity contribution < 1.29 is 4.39 Å². The van der Waals surface area contributed by atoms with Gasteiger partial charge in [0.05, 0.1) is 0 Å². The average molecular weight is 178 g/mol. The first-order valence-corrected chi connectivity index (χ1v) is 3.62. The van der Waals surface area contributed by atoms with Crippen LogP contribution in [-0.4, -0.2) is 11.5 Å². The van der Waals surface area contributed by atoms with Crippen LogP contribution in [0.15, 0.2) is 29.5 Å². The highest BCUT2D eigenvalue weighted by Crippen LogP contribution is 2.02. The number of rotatable bonds is 3. The lowest BCUT2D eigenvalue weighted by Crippen LogP contribution is -1.81. The van der Waals surface area contributed by atoms with Crippen molar-refractivity contribution in [3.05, 3.63) is 46.4 Å². The van der Waals surface area contributed by atoms with Gasteiger partial charge in [0.25, 0.3) is 0 Å². The molecule has 13 heavy (non-hydrogen) atoms. The van der Waals surface area contributed by atoms with Gasteiger partial charge in [0.1, 0.15) is 0 Å². The van der Waals surface area contributed by atoms with Crippen LogP contribution >= 0.6 is 0 Å². The minimum atomic E-state index is -0.522. The second-order valence-electron chi connectivity index (χ2n) is 2.23. The molecule has 0 saturated heterocycles. The van der Waals surface area contributed by atoms with E-state index in [-0.39, 0.29) is 6.54 Å². The van der Waals surface area contributed by atoms with Gasteiger partial charge in [-0.05, 0) is 17.2 Å². The van der Waals surface area contributed by atoms with E-state index in [2.05, 4.69) is 15.0 Å². The third-order valence-corrected chi connectivity index (χ3v) is 1.31. The molecule has 1 aromatic heterocycles. The molecular formula is C8H7FN4. The van der Waals surface area contributed by atoms with E-state index in [9.17, 15) is 4.39 Å². The quantitative estimate of drug-likeness (QED) is 0.303. The van der Waals surface area contributed by atoms with Crippen molar-refractivity contribution in [3.8, 4) is 0 Å². The Morgan fingerprint density at radius 3 is 3.23 bits per heavy atom. The molecule has 0 unspecified atom stereocenters. The summed E-state index contributed by atoms with van der Waals surface area (Å²) in [5.74, 6) is -0.522. The lowest BCUT2D eigenvalue weighted by Gasteiger charge is -1.90. The molecule has 5 heteroatoms. The van der Waals surface area contributed by atoms with Crippen LogP contribution in [0.25, 0.3) is 16.5 Å². The second kappa shape index (κ2) is 4.90. The maximum atomic E-state index is 12.5. The van der Waals surface area contributed by atoms with Crippen LogP contribution in [0, 0.1) is 5.95 Å². The number of nitrogens with zero attached hydrogens (tertiary/aromatic N) is 4. The third-order valence-electron chi connectivity index (χ3n) is 1.31. The maximum absolute atomic E-state index is 12.5. The lowest BCUT2D eigenvalue weighted by molar-refractivity contribution is 0.583. The van der Waals surface area contributed by atoms with Crippen molar-refractivity contribution in [1.29, 1.82) is 0 Å². The van der Waals surface area contributed by atoms with Gasteiger partial charge in [-0.15, -0.1) is 0 Å². The highest BCUT2D eigenvalue weighted by Gasteiger charge is 1.89. The Morgan fingerprint density at radius 2 is 2.54 bits per heavy atom. The number of azide groups is 1. The fraction of sp³-hybridized carbons (Fsp3) is 0.125. The molecule has 0 radical (unpaired) electrons. The highest BCUT2D eigenvalue weighted by molar-refractivity contribution is 5.48. The van der Waals surface area contributed by atoms with Crippen LogP contribution in [-0.2, 0) is 0 Å². The minimum absolute atomic E-state index is 0.264. The molecule has 0 saturated carbocycles. The standard InChI is InChI=1S/C8H7FN4/c9-8-6-7(3-5-11-8)2-1-4-12-13-10/h1-3,5-6H,4H2. The average Bonchev–Trinajstić information content (AvgIpc) is 2.13. The van der Waals surface area contributed by atoms with E-state index in [1.54, 1.807) is 18.2 Å². The van der Waals surface area contributed by atoms with E-state index < -0.39 is 5.95 Å². The Hall–Kier alpha value is -1.87. The summed E-state index contributed by atoms with van der Waals surface area (Å²) >= 11 is 0. The molecule has 0 spiro atoms. The Balaban J connectivity index is 2.63. The number of hydrogen-bond donors (Lipinski definition) is 0. The zero-order valence-corrected chi connectivity index (χ0v) is 6.76. The summed E-state index contributed by atoms with van der Waals surface area (Å²) in [7, 11) is 0. The lowest BCUT2D eigenvalue weighted by atomic mass is 10.2. The fourth-order valence-corrected chi connectivity index (χ4v) is 0.794. The van der Waals surface area contributed by atoms with Gasteiger partial charge in [0.2, 0.25) is 5.95 Å². The first-order valence-electron chi connectivity index (χ1n) is 3.62. The van der Waals surface area contributed by atoms with Gasteiger partial charge in [-0.2, -0.15) is 4.39 Å². The summed E-state index contributed by atoms with van der Waals surface area (Å²) in [5.41, 5.74) is 8.66. The Labute approximate surface area is 74.4 Å². The maximum Gasteiger partial charge on any atom is 0.213 e. The van der Waals surface area contributed by atoms with Gasteiger partial charge in [-0.1, -0.05) is 17.3 Å². The second-order valence-corrected chi connectivity index (χ2v) is 2.23. The summed E-state index contributed by atoms with van der Waals surface area (Å²) in [5, 5.41) is 3.29. The number of halogens is 1. The summed E-state index contributed by atoms with van der Waals surface area (Å²) in [6.45, 7) is 0.264. The van der Waals surface area contributed by atoms with Crippen molar-refractivity contribution in [3.63, 3.8) is 0 Å². The molecule has 0 bridgehead atoms. The van der Waals surface area contributed by atoms with E-state index in [4.69, 9.17) is 5.53 Å². The van der Waals surface area contributed by atoms with E-state index in [1.165, 1.54) is 12.3 Å². The molecule has 0 amide bonds. The zero-order chi connectivity index (χ0) is 9.52. The topological polar surface area (TPSA) is 61.7 Å². The number of aromatic nitrogens is 1. The monoisotopic (exact) mass is 178 g/mol. The molecule has 0 N–H and O–H groups in total. The molecule has 1 heterocycles. The molecule has 0 aliphatic carbocycles. The summed E-state index contributed by atoms with van der Waals surface area (Å²) in [6, 6.07) is 2.96. The van der Waals surface area contributed by atoms with E-state index in [0.717, 1.165) is 0 Å². The van der Waals surface area contributed by atoms with Gasteiger partial charge >= 0.3 is 0 Å². The molecule has 4 nitrogen and oxygen atoms in total. The summed E-state index contributed by atoms with van der Waals surface area (Å²) < 4.78 is 12.5. The van der Waals surface area contributed by atoms with Gasteiger partial charge in [0, 0.05) is 23.7 Å². The first kappa shape index (κ1) is 9.22. The summed E-state index contributed by atoms with van der Waals surface area (Å²) in [4.78, 5) is 5.97.